The lowest BCUT2D eigenvalue weighted by Gasteiger charge is -2.22. The maximum absolute atomic E-state index is 11.8. The van der Waals surface area contributed by atoms with Crippen LogP contribution in [0.4, 0.5) is 4.79 Å². The fourth-order valence-corrected chi connectivity index (χ4v) is 3.70. The maximum atomic E-state index is 11.8. The topological polar surface area (TPSA) is 50.4 Å². The Labute approximate surface area is 120 Å². The van der Waals surface area contributed by atoms with E-state index in [1.165, 1.54) is 19.3 Å². The van der Waals surface area contributed by atoms with E-state index in [-0.39, 0.29) is 6.03 Å². The van der Waals surface area contributed by atoms with Crippen LogP contribution in [0.1, 0.15) is 44.9 Å². The van der Waals surface area contributed by atoms with E-state index in [1.54, 1.807) is 0 Å². The quantitative estimate of drug-likeness (QED) is 0.816. The second-order valence-corrected chi connectivity index (χ2v) is 6.68. The number of urea groups is 1. The summed E-state index contributed by atoms with van der Waals surface area (Å²) in [6.07, 6.45) is 10.5. The molecule has 0 aromatic rings. The Balaban J connectivity index is 1.54. The van der Waals surface area contributed by atoms with Gasteiger partial charge in [0.25, 0.3) is 0 Å². The Bertz CT molecular complexity index is 283. The van der Waals surface area contributed by atoms with Crippen LogP contribution in [0.15, 0.2) is 0 Å². The molecule has 0 spiro atoms. The summed E-state index contributed by atoms with van der Waals surface area (Å²) in [5.74, 6) is 0. The van der Waals surface area contributed by atoms with Gasteiger partial charge >= 0.3 is 6.03 Å². The van der Waals surface area contributed by atoms with Crippen molar-refractivity contribution in [2.24, 2.45) is 0 Å². The molecule has 4 nitrogen and oxygen atoms in total. The molecule has 0 unspecified atom stereocenters. The Hall–Kier alpha value is -0.420. The average molecular weight is 286 g/mol. The number of nitrogens with one attached hydrogen (secondary N) is 2. The molecule has 2 aliphatic rings. The Morgan fingerprint density at radius 2 is 2.21 bits per heavy atom. The highest BCUT2D eigenvalue weighted by Crippen LogP contribution is 2.27. The third-order valence-electron chi connectivity index (χ3n) is 4.08. The van der Waals surface area contributed by atoms with Crippen molar-refractivity contribution in [1.29, 1.82) is 0 Å². The zero-order valence-electron chi connectivity index (χ0n) is 11.8. The maximum Gasteiger partial charge on any atom is 0.315 e. The molecule has 2 fully saturated rings. The summed E-state index contributed by atoms with van der Waals surface area (Å²) in [5, 5.41) is 6.75. The fourth-order valence-electron chi connectivity index (χ4n) is 2.90. The van der Waals surface area contributed by atoms with Crippen molar-refractivity contribution in [2.75, 3.05) is 19.4 Å². The van der Waals surface area contributed by atoms with Crippen LogP contribution >= 0.6 is 11.8 Å². The highest BCUT2D eigenvalue weighted by atomic mass is 32.2. The highest BCUT2D eigenvalue weighted by molar-refractivity contribution is 7.99. The molecular weight excluding hydrogens is 260 g/mol. The molecule has 1 aliphatic carbocycles. The van der Waals surface area contributed by atoms with Crippen LogP contribution in [0.3, 0.4) is 0 Å². The molecule has 5 heteroatoms. The Kier molecular flexibility index (Phi) is 6.31. The zero-order chi connectivity index (χ0) is 13.5. The van der Waals surface area contributed by atoms with Crippen LogP contribution in [0.5, 0.6) is 0 Å². The van der Waals surface area contributed by atoms with Crippen molar-refractivity contribution < 1.29 is 9.53 Å². The minimum absolute atomic E-state index is 0.0115. The summed E-state index contributed by atoms with van der Waals surface area (Å²) in [6.45, 7) is 1.60. The van der Waals surface area contributed by atoms with Crippen LogP contribution in [-0.4, -0.2) is 42.8 Å². The molecule has 2 N–H and O–H groups in total. The van der Waals surface area contributed by atoms with Crippen molar-refractivity contribution in [2.45, 2.75) is 62.3 Å². The van der Waals surface area contributed by atoms with E-state index in [0.717, 1.165) is 44.1 Å². The van der Waals surface area contributed by atoms with Crippen molar-refractivity contribution in [3.05, 3.63) is 0 Å². The molecule has 0 radical (unpaired) electrons. The van der Waals surface area contributed by atoms with Gasteiger partial charge in [-0.3, -0.25) is 0 Å². The number of thioether (sulfide) groups is 1. The second-order valence-electron chi connectivity index (χ2n) is 5.55. The van der Waals surface area contributed by atoms with Crippen LogP contribution in [0, 0.1) is 0 Å². The standard InChI is InChI=1S/C14H26N2O2S/c1-19-13-6-5-11(10-13)16-14(17)15-8-7-12-4-2-3-9-18-12/h11-13H,2-10H2,1H3,(H2,15,16,17)/t11-,12-,13+/m0/s1. The molecule has 19 heavy (non-hydrogen) atoms. The number of amides is 2. The summed E-state index contributed by atoms with van der Waals surface area (Å²) in [7, 11) is 0. The third kappa shape index (κ3) is 5.22. The van der Waals surface area contributed by atoms with Gasteiger partial charge in [-0.15, -0.1) is 0 Å². The summed E-state index contributed by atoms with van der Waals surface area (Å²) < 4.78 is 5.65. The van der Waals surface area contributed by atoms with Gasteiger partial charge in [0.1, 0.15) is 0 Å². The number of hydrogen-bond donors (Lipinski definition) is 2. The minimum Gasteiger partial charge on any atom is -0.378 e. The predicted octanol–water partition coefficient (Wildman–Crippen LogP) is 2.53. The fraction of sp³-hybridized carbons (Fsp3) is 0.929. The van der Waals surface area contributed by atoms with Gasteiger partial charge in [0.15, 0.2) is 0 Å². The molecule has 3 atom stereocenters. The lowest BCUT2D eigenvalue weighted by atomic mass is 10.1. The molecule has 0 aromatic carbocycles. The van der Waals surface area contributed by atoms with Gasteiger partial charge in [-0.2, -0.15) is 11.8 Å². The van der Waals surface area contributed by atoms with Gasteiger partial charge < -0.3 is 15.4 Å². The largest absolute Gasteiger partial charge is 0.378 e. The van der Waals surface area contributed by atoms with Crippen LogP contribution in [0.2, 0.25) is 0 Å². The predicted molar refractivity (Wildman–Crippen MR) is 79.7 cm³/mol. The summed E-state index contributed by atoms with van der Waals surface area (Å²) in [4.78, 5) is 11.8. The van der Waals surface area contributed by atoms with Crippen molar-refractivity contribution >= 4 is 17.8 Å². The van der Waals surface area contributed by atoms with E-state index in [2.05, 4.69) is 16.9 Å². The van der Waals surface area contributed by atoms with Gasteiger partial charge in [0.05, 0.1) is 6.10 Å². The monoisotopic (exact) mass is 286 g/mol. The van der Waals surface area contributed by atoms with Crippen molar-refractivity contribution in [3.63, 3.8) is 0 Å². The molecule has 1 saturated carbocycles. The zero-order valence-corrected chi connectivity index (χ0v) is 12.6. The number of carbonyl (C=O) groups excluding carboxylic acids is 1. The first-order chi connectivity index (χ1) is 9.28. The van der Waals surface area contributed by atoms with E-state index in [4.69, 9.17) is 4.74 Å². The summed E-state index contributed by atoms with van der Waals surface area (Å²) in [5.41, 5.74) is 0. The molecule has 1 aliphatic heterocycles. The number of ether oxygens (including phenoxy) is 1. The van der Waals surface area contributed by atoms with Crippen molar-refractivity contribution in [3.8, 4) is 0 Å². The van der Waals surface area contributed by atoms with Gasteiger partial charge in [-0.1, -0.05) is 0 Å². The van der Waals surface area contributed by atoms with E-state index in [9.17, 15) is 4.79 Å². The van der Waals surface area contributed by atoms with Gasteiger partial charge in [-0.05, 0) is 51.2 Å². The molecule has 2 amide bonds. The van der Waals surface area contributed by atoms with E-state index < -0.39 is 0 Å². The van der Waals surface area contributed by atoms with Gasteiger partial charge in [0.2, 0.25) is 0 Å². The molecule has 110 valence electrons. The molecule has 1 saturated heterocycles. The molecule has 1 heterocycles. The minimum atomic E-state index is -0.0115. The summed E-state index contributed by atoms with van der Waals surface area (Å²) >= 11 is 1.91. The SMILES string of the molecule is CS[C@@H]1CC[C@H](NC(=O)NCC[C@@H]2CCCCO2)C1. The first kappa shape index (κ1) is 15.0. The highest BCUT2D eigenvalue weighted by Gasteiger charge is 2.25. The lowest BCUT2D eigenvalue weighted by molar-refractivity contribution is 0.0120. The van der Waals surface area contributed by atoms with E-state index in [0.29, 0.717) is 12.1 Å². The normalized spacial score (nSPS) is 31.1. The average Bonchev–Trinajstić information content (AvgIpc) is 2.87. The first-order valence-electron chi connectivity index (χ1n) is 7.46. The number of rotatable bonds is 5. The van der Waals surface area contributed by atoms with E-state index in [1.807, 2.05) is 11.8 Å². The van der Waals surface area contributed by atoms with Crippen LogP contribution in [-0.2, 0) is 4.74 Å². The molecular formula is C14H26N2O2S. The van der Waals surface area contributed by atoms with Gasteiger partial charge in [0, 0.05) is 24.4 Å². The number of carbonyl (C=O) groups is 1. The van der Waals surface area contributed by atoms with Gasteiger partial charge in [-0.25, -0.2) is 4.79 Å². The van der Waals surface area contributed by atoms with E-state index >= 15 is 0 Å². The molecule has 2 rings (SSSR count). The molecule has 0 bridgehead atoms. The Morgan fingerprint density at radius 3 is 2.89 bits per heavy atom. The van der Waals surface area contributed by atoms with Crippen LogP contribution < -0.4 is 10.6 Å². The van der Waals surface area contributed by atoms with Crippen LogP contribution in [0.25, 0.3) is 0 Å². The second kappa shape index (κ2) is 8.00. The third-order valence-corrected chi connectivity index (χ3v) is 5.17. The Morgan fingerprint density at radius 1 is 1.32 bits per heavy atom. The summed E-state index contributed by atoms with van der Waals surface area (Å²) in [6, 6.07) is 0.353. The first-order valence-corrected chi connectivity index (χ1v) is 8.75. The smallest absolute Gasteiger partial charge is 0.315 e. The molecule has 0 aromatic heterocycles. The van der Waals surface area contributed by atoms with Crippen molar-refractivity contribution in [1.82, 2.24) is 10.6 Å². The number of hydrogen-bond acceptors (Lipinski definition) is 3. The lowest BCUT2D eigenvalue weighted by Crippen LogP contribution is -2.42.